The summed E-state index contributed by atoms with van der Waals surface area (Å²) < 4.78 is 13.1. The first-order valence-corrected chi connectivity index (χ1v) is 9.19. The van der Waals surface area contributed by atoms with Crippen LogP contribution in [0, 0.1) is 5.82 Å². The number of hydrogen-bond donors (Lipinski definition) is 1. The minimum absolute atomic E-state index is 0.170. The van der Waals surface area contributed by atoms with Crippen molar-refractivity contribution in [3.8, 4) is 22.4 Å². The standard InChI is InChI=1S/C24H18FN3O/c25-22-11-9-18(10-12-22)17-5-7-19(8-6-17)24(29)28-16-21-4-2-14-27-23(21)20-3-1-13-26-15-20/h1-15H,16H2,(H,28,29). The van der Waals surface area contributed by atoms with Crippen LogP contribution in [-0.4, -0.2) is 15.9 Å². The van der Waals surface area contributed by atoms with Gasteiger partial charge in [-0.25, -0.2) is 4.39 Å². The molecule has 2 aromatic heterocycles. The van der Waals surface area contributed by atoms with E-state index in [-0.39, 0.29) is 11.7 Å². The number of amides is 1. The largest absolute Gasteiger partial charge is 0.348 e. The van der Waals surface area contributed by atoms with Gasteiger partial charge in [0.25, 0.3) is 5.91 Å². The van der Waals surface area contributed by atoms with E-state index in [2.05, 4.69) is 15.3 Å². The summed E-state index contributed by atoms with van der Waals surface area (Å²) in [4.78, 5) is 21.1. The summed E-state index contributed by atoms with van der Waals surface area (Å²) >= 11 is 0. The van der Waals surface area contributed by atoms with Crippen LogP contribution in [0.25, 0.3) is 22.4 Å². The molecular weight excluding hydrogens is 365 g/mol. The first kappa shape index (κ1) is 18.5. The lowest BCUT2D eigenvalue weighted by molar-refractivity contribution is 0.0951. The molecule has 142 valence electrons. The van der Waals surface area contributed by atoms with Crippen molar-refractivity contribution in [3.05, 3.63) is 108 Å². The van der Waals surface area contributed by atoms with Gasteiger partial charge >= 0.3 is 0 Å². The van der Waals surface area contributed by atoms with Gasteiger partial charge < -0.3 is 5.32 Å². The van der Waals surface area contributed by atoms with Gasteiger partial charge in [0.05, 0.1) is 5.69 Å². The number of hydrogen-bond acceptors (Lipinski definition) is 3. The minimum atomic E-state index is -0.272. The maximum Gasteiger partial charge on any atom is 0.251 e. The highest BCUT2D eigenvalue weighted by Crippen LogP contribution is 2.21. The molecular formula is C24H18FN3O. The van der Waals surface area contributed by atoms with E-state index in [1.165, 1.54) is 12.1 Å². The molecule has 2 aromatic carbocycles. The van der Waals surface area contributed by atoms with Crippen LogP contribution in [-0.2, 0) is 6.54 Å². The van der Waals surface area contributed by atoms with E-state index in [1.54, 1.807) is 42.9 Å². The Kier molecular flexibility index (Phi) is 5.38. The number of carbonyl (C=O) groups excluding carboxylic acids is 1. The molecule has 0 bridgehead atoms. The Bertz CT molecular complexity index is 1110. The third-order valence-electron chi connectivity index (χ3n) is 4.59. The zero-order valence-corrected chi connectivity index (χ0v) is 15.5. The molecule has 0 fully saturated rings. The van der Waals surface area contributed by atoms with Crippen molar-refractivity contribution in [2.24, 2.45) is 0 Å². The Balaban J connectivity index is 1.46. The van der Waals surface area contributed by atoms with Crippen molar-refractivity contribution in [3.63, 3.8) is 0 Å². The van der Waals surface area contributed by atoms with E-state index < -0.39 is 0 Å². The molecule has 0 radical (unpaired) electrons. The maximum absolute atomic E-state index is 13.1. The molecule has 29 heavy (non-hydrogen) atoms. The first-order valence-electron chi connectivity index (χ1n) is 9.19. The average molecular weight is 383 g/mol. The minimum Gasteiger partial charge on any atom is -0.348 e. The van der Waals surface area contributed by atoms with Gasteiger partial charge in [-0.2, -0.15) is 0 Å². The van der Waals surface area contributed by atoms with Crippen LogP contribution in [0.3, 0.4) is 0 Å². The fraction of sp³-hybridized carbons (Fsp3) is 0.0417. The Morgan fingerprint density at radius 3 is 2.21 bits per heavy atom. The number of carbonyl (C=O) groups is 1. The lowest BCUT2D eigenvalue weighted by Crippen LogP contribution is -2.23. The predicted octanol–water partition coefficient (Wildman–Crippen LogP) is 4.88. The second-order valence-electron chi connectivity index (χ2n) is 6.52. The monoisotopic (exact) mass is 383 g/mol. The third kappa shape index (κ3) is 4.35. The third-order valence-corrected chi connectivity index (χ3v) is 4.59. The predicted molar refractivity (Wildman–Crippen MR) is 110 cm³/mol. The highest BCUT2D eigenvalue weighted by molar-refractivity contribution is 5.94. The lowest BCUT2D eigenvalue weighted by atomic mass is 10.0. The molecule has 0 spiro atoms. The first-order chi connectivity index (χ1) is 14.2. The number of halogens is 1. The fourth-order valence-corrected chi connectivity index (χ4v) is 3.08. The van der Waals surface area contributed by atoms with Crippen LogP contribution in [0.4, 0.5) is 4.39 Å². The molecule has 0 aliphatic carbocycles. The molecule has 0 atom stereocenters. The number of benzene rings is 2. The van der Waals surface area contributed by atoms with Gasteiger partial charge in [0.15, 0.2) is 0 Å². The molecule has 0 saturated carbocycles. The summed E-state index contributed by atoms with van der Waals surface area (Å²) in [6, 6.07) is 21.1. The summed E-state index contributed by atoms with van der Waals surface area (Å²) in [5, 5.41) is 2.94. The number of nitrogens with one attached hydrogen (secondary N) is 1. The summed E-state index contributed by atoms with van der Waals surface area (Å²) in [5.74, 6) is -0.442. The summed E-state index contributed by atoms with van der Waals surface area (Å²) in [7, 11) is 0. The summed E-state index contributed by atoms with van der Waals surface area (Å²) in [5.41, 5.74) is 5.00. The highest BCUT2D eigenvalue weighted by atomic mass is 19.1. The molecule has 1 N–H and O–H groups in total. The zero-order valence-electron chi connectivity index (χ0n) is 15.5. The van der Waals surface area contributed by atoms with Crippen LogP contribution in [0.15, 0.2) is 91.4 Å². The number of rotatable bonds is 5. The quantitative estimate of drug-likeness (QED) is 0.534. The number of pyridine rings is 2. The molecule has 0 aliphatic rings. The Morgan fingerprint density at radius 2 is 1.52 bits per heavy atom. The van der Waals surface area contributed by atoms with Crippen molar-refractivity contribution in [2.45, 2.75) is 6.54 Å². The van der Waals surface area contributed by atoms with E-state index in [0.29, 0.717) is 12.1 Å². The second-order valence-corrected chi connectivity index (χ2v) is 6.52. The van der Waals surface area contributed by atoms with Crippen LogP contribution < -0.4 is 5.32 Å². The Morgan fingerprint density at radius 1 is 0.828 bits per heavy atom. The summed E-state index contributed by atoms with van der Waals surface area (Å²) in [6.45, 7) is 0.358. The van der Waals surface area contributed by atoms with Crippen molar-refractivity contribution < 1.29 is 9.18 Å². The lowest BCUT2D eigenvalue weighted by Gasteiger charge is -2.10. The Hall–Kier alpha value is -3.86. The zero-order chi connectivity index (χ0) is 20.1. The van der Waals surface area contributed by atoms with Gasteiger partial charge in [0, 0.05) is 36.3 Å². The molecule has 0 aliphatic heterocycles. The van der Waals surface area contributed by atoms with Gasteiger partial charge in [-0.1, -0.05) is 30.3 Å². The topological polar surface area (TPSA) is 54.9 Å². The van der Waals surface area contributed by atoms with E-state index in [1.807, 2.05) is 36.4 Å². The number of aromatic nitrogens is 2. The molecule has 5 heteroatoms. The highest BCUT2D eigenvalue weighted by Gasteiger charge is 2.10. The van der Waals surface area contributed by atoms with Crippen LogP contribution in [0.1, 0.15) is 15.9 Å². The SMILES string of the molecule is O=C(NCc1cccnc1-c1cccnc1)c1ccc(-c2ccc(F)cc2)cc1. The molecule has 4 aromatic rings. The van der Waals surface area contributed by atoms with Crippen molar-refractivity contribution in [2.75, 3.05) is 0 Å². The molecule has 4 nitrogen and oxygen atoms in total. The smallest absolute Gasteiger partial charge is 0.251 e. The maximum atomic E-state index is 13.1. The molecule has 4 rings (SSSR count). The average Bonchev–Trinajstić information content (AvgIpc) is 2.79. The van der Waals surface area contributed by atoms with Crippen molar-refractivity contribution in [1.82, 2.24) is 15.3 Å². The summed E-state index contributed by atoms with van der Waals surface area (Å²) in [6.07, 6.45) is 5.19. The van der Waals surface area contributed by atoms with Gasteiger partial charge in [0.2, 0.25) is 0 Å². The second kappa shape index (κ2) is 8.44. The van der Waals surface area contributed by atoms with E-state index in [9.17, 15) is 9.18 Å². The molecule has 2 heterocycles. The van der Waals surface area contributed by atoms with E-state index in [0.717, 1.165) is 27.9 Å². The molecule has 0 unspecified atom stereocenters. The fourth-order valence-electron chi connectivity index (χ4n) is 3.08. The van der Waals surface area contributed by atoms with Crippen molar-refractivity contribution in [1.29, 1.82) is 0 Å². The Labute approximate surface area is 168 Å². The van der Waals surface area contributed by atoms with E-state index in [4.69, 9.17) is 0 Å². The van der Waals surface area contributed by atoms with Crippen LogP contribution >= 0.6 is 0 Å². The van der Waals surface area contributed by atoms with Gasteiger partial charge in [-0.05, 0) is 59.2 Å². The molecule has 0 saturated heterocycles. The number of nitrogens with zero attached hydrogens (tertiary/aromatic N) is 2. The van der Waals surface area contributed by atoms with Gasteiger partial charge in [-0.15, -0.1) is 0 Å². The normalized spacial score (nSPS) is 10.5. The van der Waals surface area contributed by atoms with Crippen molar-refractivity contribution >= 4 is 5.91 Å². The van der Waals surface area contributed by atoms with Gasteiger partial charge in [-0.3, -0.25) is 14.8 Å². The van der Waals surface area contributed by atoms with Crippen LogP contribution in [0.5, 0.6) is 0 Å². The van der Waals surface area contributed by atoms with Crippen LogP contribution in [0.2, 0.25) is 0 Å². The van der Waals surface area contributed by atoms with Gasteiger partial charge in [0.1, 0.15) is 5.82 Å². The molecule has 1 amide bonds. The van der Waals surface area contributed by atoms with E-state index >= 15 is 0 Å².